The summed E-state index contributed by atoms with van der Waals surface area (Å²) in [5.41, 5.74) is 3.47. The third-order valence-corrected chi connectivity index (χ3v) is 4.24. The van der Waals surface area contributed by atoms with Gasteiger partial charge < -0.3 is 10.2 Å². The molecular formula is C19H23ClN2O. The highest BCUT2D eigenvalue weighted by atomic mass is 35.5. The van der Waals surface area contributed by atoms with Gasteiger partial charge in [0.15, 0.2) is 0 Å². The average Bonchev–Trinajstić information content (AvgIpc) is 2.57. The van der Waals surface area contributed by atoms with E-state index in [2.05, 4.69) is 48.6 Å². The fourth-order valence-corrected chi connectivity index (χ4v) is 2.93. The molecule has 0 saturated carbocycles. The van der Waals surface area contributed by atoms with Crippen molar-refractivity contribution in [2.75, 3.05) is 19.6 Å². The van der Waals surface area contributed by atoms with E-state index in [-0.39, 0.29) is 24.4 Å². The van der Waals surface area contributed by atoms with Crippen molar-refractivity contribution in [3.8, 4) is 11.1 Å². The molecule has 4 heteroatoms. The van der Waals surface area contributed by atoms with Crippen molar-refractivity contribution in [1.82, 2.24) is 10.2 Å². The van der Waals surface area contributed by atoms with Crippen molar-refractivity contribution in [2.45, 2.75) is 19.4 Å². The smallest absolute Gasteiger partial charge is 0.227 e. The number of carbonyl (C=O) groups is 1. The van der Waals surface area contributed by atoms with Crippen LogP contribution in [0.1, 0.15) is 12.5 Å². The molecule has 1 aliphatic heterocycles. The first-order valence-corrected chi connectivity index (χ1v) is 7.88. The molecule has 122 valence electrons. The van der Waals surface area contributed by atoms with Gasteiger partial charge in [-0.1, -0.05) is 54.6 Å². The molecule has 1 aliphatic rings. The number of nitrogens with zero attached hydrogens (tertiary/aromatic N) is 1. The Hall–Kier alpha value is -1.84. The SMILES string of the molecule is CC1CNCCN1C(=O)Cc1ccc(-c2ccccc2)cc1.Cl. The van der Waals surface area contributed by atoms with Crippen LogP contribution in [0, 0.1) is 0 Å². The number of hydrogen-bond acceptors (Lipinski definition) is 2. The normalized spacial score (nSPS) is 17.4. The standard InChI is InChI=1S/C19H22N2O.ClH/c1-15-14-20-11-12-21(15)19(22)13-16-7-9-18(10-8-16)17-5-3-2-4-6-17;/h2-10,15,20H,11-14H2,1H3;1H. The summed E-state index contributed by atoms with van der Waals surface area (Å²) in [5.74, 6) is 0.224. The zero-order chi connectivity index (χ0) is 15.4. The van der Waals surface area contributed by atoms with Crippen LogP contribution >= 0.6 is 12.4 Å². The average molecular weight is 331 g/mol. The van der Waals surface area contributed by atoms with Crippen molar-refractivity contribution >= 4 is 18.3 Å². The predicted octanol–water partition coefficient (Wildman–Crippen LogP) is 3.14. The lowest BCUT2D eigenvalue weighted by Gasteiger charge is -2.34. The number of amides is 1. The van der Waals surface area contributed by atoms with Crippen molar-refractivity contribution < 1.29 is 4.79 Å². The number of hydrogen-bond donors (Lipinski definition) is 1. The van der Waals surface area contributed by atoms with Gasteiger partial charge in [0.2, 0.25) is 5.91 Å². The molecule has 0 aliphatic carbocycles. The fourth-order valence-electron chi connectivity index (χ4n) is 2.93. The second-order valence-corrected chi connectivity index (χ2v) is 5.88. The van der Waals surface area contributed by atoms with E-state index < -0.39 is 0 Å². The summed E-state index contributed by atoms with van der Waals surface area (Å²) >= 11 is 0. The first-order valence-electron chi connectivity index (χ1n) is 7.88. The molecular weight excluding hydrogens is 308 g/mol. The van der Waals surface area contributed by atoms with E-state index in [9.17, 15) is 4.79 Å². The lowest BCUT2D eigenvalue weighted by Crippen LogP contribution is -2.52. The highest BCUT2D eigenvalue weighted by Crippen LogP contribution is 2.19. The van der Waals surface area contributed by atoms with Crippen molar-refractivity contribution in [3.63, 3.8) is 0 Å². The van der Waals surface area contributed by atoms with Crippen LogP contribution in [0.3, 0.4) is 0 Å². The topological polar surface area (TPSA) is 32.3 Å². The summed E-state index contributed by atoms with van der Waals surface area (Å²) in [6.45, 7) is 4.69. The Morgan fingerprint density at radius 3 is 2.39 bits per heavy atom. The van der Waals surface area contributed by atoms with Gasteiger partial charge in [0.05, 0.1) is 6.42 Å². The van der Waals surface area contributed by atoms with Gasteiger partial charge in [-0.3, -0.25) is 4.79 Å². The second-order valence-electron chi connectivity index (χ2n) is 5.88. The number of halogens is 1. The molecule has 23 heavy (non-hydrogen) atoms. The summed E-state index contributed by atoms with van der Waals surface area (Å²) < 4.78 is 0. The molecule has 1 N–H and O–H groups in total. The second kappa shape index (κ2) is 8.14. The van der Waals surface area contributed by atoms with E-state index in [0.29, 0.717) is 6.42 Å². The number of piperazine rings is 1. The van der Waals surface area contributed by atoms with Crippen LogP contribution in [0.2, 0.25) is 0 Å². The van der Waals surface area contributed by atoms with E-state index >= 15 is 0 Å². The summed E-state index contributed by atoms with van der Waals surface area (Å²) in [6.07, 6.45) is 0.486. The fraction of sp³-hybridized carbons (Fsp3) is 0.316. The molecule has 1 atom stereocenters. The maximum Gasteiger partial charge on any atom is 0.227 e. The van der Waals surface area contributed by atoms with Gasteiger partial charge in [0, 0.05) is 25.7 Å². The minimum atomic E-state index is 0. The van der Waals surface area contributed by atoms with Crippen LogP contribution in [0.4, 0.5) is 0 Å². The maximum atomic E-state index is 12.4. The zero-order valence-corrected chi connectivity index (χ0v) is 14.2. The Morgan fingerprint density at radius 1 is 1.09 bits per heavy atom. The Bertz CT molecular complexity index is 628. The predicted molar refractivity (Wildman–Crippen MR) is 96.9 cm³/mol. The number of nitrogens with one attached hydrogen (secondary N) is 1. The van der Waals surface area contributed by atoms with Gasteiger partial charge in [-0.05, 0) is 23.6 Å². The minimum Gasteiger partial charge on any atom is -0.337 e. The van der Waals surface area contributed by atoms with Crippen molar-refractivity contribution in [2.24, 2.45) is 0 Å². The van der Waals surface area contributed by atoms with Crippen LogP contribution in [0.5, 0.6) is 0 Å². The molecule has 3 nitrogen and oxygen atoms in total. The van der Waals surface area contributed by atoms with E-state index in [1.165, 1.54) is 11.1 Å². The molecule has 1 unspecified atom stereocenters. The van der Waals surface area contributed by atoms with Crippen LogP contribution in [0.25, 0.3) is 11.1 Å². The molecule has 1 saturated heterocycles. The van der Waals surface area contributed by atoms with Gasteiger partial charge >= 0.3 is 0 Å². The van der Waals surface area contributed by atoms with Crippen LogP contribution in [-0.4, -0.2) is 36.5 Å². The number of carbonyl (C=O) groups excluding carboxylic acids is 1. The monoisotopic (exact) mass is 330 g/mol. The van der Waals surface area contributed by atoms with Crippen molar-refractivity contribution in [1.29, 1.82) is 0 Å². The van der Waals surface area contributed by atoms with Crippen LogP contribution < -0.4 is 5.32 Å². The lowest BCUT2D eigenvalue weighted by molar-refractivity contribution is -0.133. The van der Waals surface area contributed by atoms with Gasteiger partial charge in [-0.2, -0.15) is 0 Å². The number of rotatable bonds is 3. The molecule has 3 rings (SSSR count). The Balaban J connectivity index is 0.00000192. The first kappa shape index (κ1) is 17.5. The van der Waals surface area contributed by atoms with E-state index in [1.807, 2.05) is 23.1 Å². The summed E-state index contributed by atoms with van der Waals surface area (Å²) in [6, 6.07) is 18.9. The minimum absolute atomic E-state index is 0. The summed E-state index contributed by atoms with van der Waals surface area (Å²) in [7, 11) is 0. The Kier molecular flexibility index (Phi) is 6.20. The highest BCUT2D eigenvalue weighted by molar-refractivity contribution is 5.85. The summed E-state index contributed by atoms with van der Waals surface area (Å²) in [5, 5.41) is 3.31. The number of benzene rings is 2. The van der Waals surface area contributed by atoms with E-state index in [4.69, 9.17) is 0 Å². The molecule has 0 aromatic heterocycles. The van der Waals surface area contributed by atoms with E-state index in [1.54, 1.807) is 0 Å². The van der Waals surface area contributed by atoms with Gasteiger partial charge in [0.1, 0.15) is 0 Å². The van der Waals surface area contributed by atoms with Gasteiger partial charge in [-0.25, -0.2) is 0 Å². The molecule has 1 heterocycles. The zero-order valence-electron chi connectivity index (χ0n) is 13.4. The molecule has 1 fully saturated rings. The molecule has 0 bridgehead atoms. The molecule has 2 aromatic carbocycles. The molecule has 0 radical (unpaired) electrons. The summed E-state index contributed by atoms with van der Waals surface area (Å²) in [4.78, 5) is 14.4. The van der Waals surface area contributed by atoms with Crippen LogP contribution in [0.15, 0.2) is 54.6 Å². The Labute approximate surface area is 144 Å². The third-order valence-electron chi connectivity index (χ3n) is 4.24. The third kappa shape index (κ3) is 4.34. The Morgan fingerprint density at radius 2 is 1.74 bits per heavy atom. The van der Waals surface area contributed by atoms with Crippen molar-refractivity contribution in [3.05, 3.63) is 60.2 Å². The molecule has 2 aromatic rings. The quantitative estimate of drug-likeness (QED) is 0.937. The lowest BCUT2D eigenvalue weighted by atomic mass is 10.0. The maximum absolute atomic E-state index is 12.4. The first-order chi connectivity index (χ1) is 10.7. The highest BCUT2D eigenvalue weighted by Gasteiger charge is 2.22. The van der Waals surface area contributed by atoms with Crippen LogP contribution in [-0.2, 0) is 11.2 Å². The van der Waals surface area contributed by atoms with E-state index in [0.717, 1.165) is 25.2 Å². The molecule has 1 amide bonds. The van der Waals surface area contributed by atoms with Gasteiger partial charge in [0.25, 0.3) is 0 Å². The largest absolute Gasteiger partial charge is 0.337 e. The molecule has 0 spiro atoms. The van der Waals surface area contributed by atoms with Gasteiger partial charge in [-0.15, -0.1) is 12.4 Å².